The first-order chi connectivity index (χ1) is 5.29. The zero-order valence-corrected chi connectivity index (χ0v) is 7.74. The van der Waals surface area contributed by atoms with Gasteiger partial charge in [-0.05, 0) is 13.8 Å². The average Bonchev–Trinajstić information content (AvgIpc) is 2.41. The predicted octanol–water partition coefficient (Wildman–Crippen LogP) is 1.58. The molecule has 0 radical (unpaired) electrons. The van der Waals surface area contributed by atoms with Crippen molar-refractivity contribution >= 4 is 16.3 Å². The van der Waals surface area contributed by atoms with Gasteiger partial charge in [-0.25, -0.2) is 0 Å². The Morgan fingerprint density at radius 2 is 2.45 bits per heavy atom. The molecule has 0 aliphatic carbocycles. The second-order valence-corrected chi connectivity index (χ2v) is 4.03. The fraction of sp³-hybridized carbons (Fsp3) is 0.625. The maximum atomic E-state index is 3.37. The molecule has 1 aromatic rings. The molecule has 0 unspecified atom stereocenters. The van der Waals surface area contributed by atoms with Crippen molar-refractivity contribution in [2.24, 2.45) is 0 Å². The summed E-state index contributed by atoms with van der Waals surface area (Å²) in [6.45, 7) is 5.57. The first-order valence-electron chi connectivity index (χ1n) is 4.04. The molecule has 1 N–H and O–H groups in total. The van der Waals surface area contributed by atoms with Crippen LogP contribution in [0.5, 0.6) is 0 Å². The van der Waals surface area contributed by atoms with Gasteiger partial charge in [0.15, 0.2) is 11.0 Å². The maximum Gasteiger partial charge on any atom is 0.227 e. The van der Waals surface area contributed by atoms with Gasteiger partial charge in [0.05, 0.1) is 6.42 Å². The number of anilines is 1. The number of rotatable bonds is 1. The van der Waals surface area contributed by atoms with Crippen LogP contribution in [0.3, 0.4) is 0 Å². The lowest BCUT2D eigenvalue weighted by Crippen LogP contribution is -2.37. The van der Waals surface area contributed by atoms with Crippen LogP contribution in [0.2, 0.25) is 0 Å². The molecule has 2 rings (SSSR count). The number of nitrogens with zero attached hydrogens (tertiary/aromatic N) is 1. The van der Waals surface area contributed by atoms with Crippen molar-refractivity contribution in [3.63, 3.8) is 0 Å². The number of thiazole rings is 1. The molecule has 0 fully saturated rings. The third-order valence-electron chi connectivity index (χ3n) is 2.06. The van der Waals surface area contributed by atoms with Crippen LogP contribution in [-0.4, -0.2) is 6.54 Å². The van der Waals surface area contributed by atoms with Gasteiger partial charge in [0.1, 0.15) is 0 Å². The van der Waals surface area contributed by atoms with Gasteiger partial charge in [0.2, 0.25) is 11.2 Å². The quantitative estimate of drug-likeness (QED) is 0.631. The van der Waals surface area contributed by atoms with Crippen LogP contribution in [0.1, 0.15) is 25.6 Å². The van der Waals surface area contributed by atoms with Crippen LogP contribution in [0, 0.1) is 0 Å². The zero-order chi connectivity index (χ0) is 7.84. The van der Waals surface area contributed by atoms with E-state index in [2.05, 4.69) is 29.2 Å². The van der Waals surface area contributed by atoms with E-state index in [-0.39, 0.29) is 0 Å². The Labute approximate surface area is 70.9 Å². The van der Waals surface area contributed by atoms with E-state index in [9.17, 15) is 0 Å². The molecule has 1 aromatic heterocycles. The van der Waals surface area contributed by atoms with Crippen molar-refractivity contribution in [3.05, 3.63) is 11.2 Å². The van der Waals surface area contributed by atoms with Crippen molar-refractivity contribution in [3.8, 4) is 0 Å². The van der Waals surface area contributed by atoms with Crippen molar-refractivity contribution in [2.45, 2.75) is 26.3 Å². The van der Waals surface area contributed by atoms with E-state index < -0.39 is 0 Å². The molecule has 0 spiro atoms. The van der Waals surface area contributed by atoms with Gasteiger partial charge in [-0.3, -0.25) is 0 Å². The lowest BCUT2D eigenvalue weighted by atomic mass is 10.3. The molecule has 60 valence electrons. The van der Waals surface area contributed by atoms with Crippen LogP contribution in [0.15, 0.2) is 5.51 Å². The van der Waals surface area contributed by atoms with Gasteiger partial charge in [-0.1, -0.05) is 11.3 Å². The fourth-order valence-electron chi connectivity index (χ4n) is 1.47. The summed E-state index contributed by atoms with van der Waals surface area (Å²) < 4.78 is 2.36. The molecule has 1 aliphatic rings. The van der Waals surface area contributed by atoms with Gasteiger partial charge in [0.25, 0.3) is 0 Å². The van der Waals surface area contributed by atoms with E-state index >= 15 is 0 Å². The SMILES string of the molecule is CC(C)[n+]1csc2c1CCN2. The number of aromatic nitrogens is 1. The van der Waals surface area contributed by atoms with Gasteiger partial charge in [-0.2, -0.15) is 4.57 Å². The molecule has 0 bridgehead atoms. The largest absolute Gasteiger partial charge is 0.371 e. The summed E-state index contributed by atoms with van der Waals surface area (Å²) in [6, 6.07) is 0.606. The summed E-state index contributed by atoms with van der Waals surface area (Å²) >= 11 is 1.82. The van der Waals surface area contributed by atoms with Gasteiger partial charge < -0.3 is 5.32 Å². The van der Waals surface area contributed by atoms with Crippen molar-refractivity contribution in [1.29, 1.82) is 0 Å². The maximum absolute atomic E-state index is 3.37. The van der Waals surface area contributed by atoms with E-state index in [1.165, 1.54) is 17.1 Å². The molecule has 0 atom stereocenters. The van der Waals surface area contributed by atoms with Crippen molar-refractivity contribution < 1.29 is 4.57 Å². The Bertz CT molecular complexity index is 265. The fourth-order valence-corrected chi connectivity index (χ4v) is 2.59. The highest BCUT2D eigenvalue weighted by atomic mass is 32.1. The summed E-state index contributed by atoms with van der Waals surface area (Å²) in [7, 11) is 0. The van der Waals surface area contributed by atoms with Gasteiger partial charge >= 0.3 is 0 Å². The van der Waals surface area contributed by atoms with E-state index in [0.29, 0.717) is 6.04 Å². The topological polar surface area (TPSA) is 15.9 Å². The highest BCUT2D eigenvalue weighted by Crippen LogP contribution is 2.24. The van der Waals surface area contributed by atoms with Crippen LogP contribution in [0.4, 0.5) is 5.00 Å². The van der Waals surface area contributed by atoms with E-state index in [1.54, 1.807) is 0 Å². The summed E-state index contributed by atoms with van der Waals surface area (Å²) in [5, 5.41) is 4.75. The molecule has 0 saturated heterocycles. The monoisotopic (exact) mass is 169 g/mol. The molecule has 0 saturated carbocycles. The van der Waals surface area contributed by atoms with Crippen molar-refractivity contribution in [2.75, 3.05) is 11.9 Å². The number of nitrogens with one attached hydrogen (secondary N) is 1. The third kappa shape index (κ3) is 1.03. The second-order valence-electron chi connectivity index (χ2n) is 3.18. The summed E-state index contributed by atoms with van der Waals surface area (Å²) in [4.78, 5) is 0. The first-order valence-corrected chi connectivity index (χ1v) is 4.92. The highest BCUT2D eigenvalue weighted by molar-refractivity contribution is 7.13. The van der Waals surface area contributed by atoms with Crippen LogP contribution >= 0.6 is 11.3 Å². The Morgan fingerprint density at radius 1 is 1.64 bits per heavy atom. The lowest BCUT2D eigenvalue weighted by molar-refractivity contribution is -0.717. The number of fused-ring (bicyclic) bond motifs is 1. The predicted molar refractivity (Wildman–Crippen MR) is 47.1 cm³/mol. The molecule has 0 aromatic carbocycles. The number of hydrogen-bond acceptors (Lipinski definition) is 2. The number of hydrogen-bond donors (Lipinski definition) is 1. The van der Waals surface area contributed by atoms with E-state index in [0.717, 1.165) is 6.54 Å². The minimum Gasteiger partial charge on any atom is -0.371 e. The molecule has 0 amide bonds. The van der Waals surface area contributed by atoms with Gasteiger partial charge in [0, 0.05) is 6.54 Å². The minimum atomic E-state index is 0.606. The smallest absolute Gasteiger partial charge is 0.227 e. The zero-order valence-electron chi connectivity index (χ0n) is 6.92. The summed E-state index contributed by atoms with van der Waals surface area (Å²) in [5.74, 6) is 0. The second kappa shape index (κ2) is 2.48. The normalized spacial score (nSPS) is 15.2. The average molecular weight is 169 g/mol. The van der Waals surface area contributed by atoms with E-state index in [4.69, 9.17) is 0 Å². The van der Waals surface area contributed by atoms with Crippen LogP contribution < -0.4 is 9.88 Å². The Kier molecular flexibility index (Phi) is 1.60. The molecule has 11 heavy (non-hydrogen) atoms. The standard InChI is InChI=1S/C8H13N2S/c1-6(2)10-5-11-8-7(10)3-4-9-8/h5-6,9H,3-4H2,1-2H3/q+1. The molecular weight excluding hydrogens is 156 g/mol. The summed E-state index contributed by atoms with van der Waals surface area (Å²) in [6.07, 6.45) is 1.19. The molecule has 1 aliphatic heterocycles. The Hall–Kier alpha value is -0.570. The summed E-state index contributed by atoms with van der Waals surface area (Å²) in [5.41, 5.74) is 3.70. The van der Waals surface area contributed by atoms with Crippen LogP contribution in [0.25, 0.3) is 0 Å². The molecule has 2 nitrogen and oxygen atoms in total. The highest BCUT2D eigenvalue weighted by Gasteiger charge is 2.25. The third-order valence-corrected chi connectivity index (χ3v) is 3.01. The van der Waals surface area contributed by atoms with Crippen LogP contribution in [-0.2, 0) is 6.42 Å². The first kappa shape index (κ1) is 7.10. The lowest BCUT2D eigenvalue weighted by Gasteiger charge is -1.96. The van der Waals surface area contributed by atoms with Crippen molar-refractivity contribution in [1.82, 2.24) is 0 Å². The molecule has 3 heteroatoms. The minimum absolute atomic E-state index is 0.606. The van der Waals surface area contributed by atoms with Gasteiger partial charge in [-0.15, -0.1) is 0 Å². The molecular formula is C8H13N2S+. The Balaban J connectivity index is 2.42. The van der Waals surface area contributed by atoms with E-state index in [1.807, 2.05) is 11.3 Å². The molecule has 2 heterocycles. The Morgan fingerprint density at radius 3 is 3.18 bits per heavy atom.